The highest BCUT2D eigenvalue weighted by Crippen LogP contribution is 2.35. The molecule has 0 aliphatic carbocycles. The van der Waals surface area contributed by atoms with Gasteiger partial charge in [-0.2, -0.15) is 0 Å². The van der Waals surface area contributed by atoms with Crippen LogP contribution in [0.3, 0.4) is 0 Å². The number of hydrogen-bond acceptors (Lipinski definition) is 5. The van der Waals surface area contributed by atoms with Gasteiger partial charge in [0.1, 0.15) is 0 Å². The molecule has 5 nitrogen and oxygen atoms in total. The first kappa shape index (κ1) is 18.1. The molecule has 0 amide bonds. The van der Waals surface area contributed by atoms with Gasteiger partial charge >= 0.3 is 12.3 Å². The van der Waals surface area contributed by atoms with Gasteiger partial charge in [0.2, 0.25) is 0 Å². The molecule has 0 atom stereocenters. The SMILES string of the molecule is CCOC(=O)Cc1ncc(C(F)F)c(CN)c1OC(F)(F)F. The average Bonchev–Trinajstić information content (AvgIpc) is 2.38. The van der Waals surface area contributed by atoms with Gasteiger partial charge in [0.15, 0.2) is 5.75 Å². The molecule has 10 heteroatoms. The van der Waals surface area contributed by atoms with Crippen molar-refractivity contribution in [1.82, 2.24) is 4.98 Å². The van der Waals surface area contributed by atoms with Gasteiger partial charge in [-0.15, -0.1) is 13.2 Å². The number of aromatic nitrogens is 1. The first-order valence-electron chi connectivity index (χ1n) is 6.09. The monoisotopic (exact) mass is 328 g/mol. The highest BCUT2D eigenvalue weighted by atomic mass is 19.4. The quantitative estimate of drug-likeness (QED) is 0.641. The molecule has 1 rings (SSSR count). The lowest BCUT2D eigenvalue weighted by Crippen LogP contribution is -2.22. The van der Waals surface area contributed by atoms with E-state index in [0.29, 0.717) is 6.20 Å². The van der Waals surface area contributed by atoms with Gasteiger partial charge in [-0.05, 0) is 6.92 Å². The minimum absolute atomic E-state index is 0.00710. The normalized spacial score (nSPS) is 11.6. The van der Waals surface area contributed by atoms with Crippen molar-refractivity contribution in [2.45, 2.75) is 32.7 Å². The van der Waals surface area contributed by atoms with Gasteiger partial charge in [0, 0.05) is 23.9 Å². The van der Waals surface area contributed by atoms with Crippen molar-refractivity contribution < 1.29 is 36.2 Å². The van der Waals surface area contributed by atoms with Crippen molar-refractivity contribution in [2.24, 2.45) is 5.73 Å². The molecule has 0 radical (unpaired) electrons. The second-order valence-corrected chi connectivity index (χ2v) is 4.00. The van der Waals surface area contributed by atoms with Crippen LogP contribution in [-0.2, 0) is 22.5 Å². The standard InChI is InChI=1S/C12H13F5N2O3/c1-2-21-9(20)3-8-10(22-12(15,16)17)6(4-18)7(5-19-8)11(13)14/h5,11H,2-4,18H2,1H3. The molecule has 1 heterocycles. The minimum Gasteiger partial charge on any atom is -0.466 e. The molecule has 0 aromatic carbocycles. The molecular weight excluding hydrogens is 315 g/mol. The summed E-state index contributed by atoms with van der Waals surface area (Å²) in [6, 6.07) is 0. The molecule has 1 aromatic rings. The summed E-state index contributed by atoms with van der Waals surface area (Å²) in [5.74, 6) is -1.85. The van der Waals surface area contributed by atoms with Crippen molar-refractivity contribution in [1.29, 1.82) is 0 Å². The van der Waals surface area contributed by atoms with Crippen LogP contribution in [0.25, 0.3) is 0 Å². The van der Waals surface area contributed by atoms with Crippen molar-refractivity contribution in [2.75, 3.05) is 6.61 Å². The van der Waals surface area contributed by atoms with E-state index in [1.165, 1.54) is 6.92 Å². The molecule has 0 spiro atoms. The molecular formula is C12H13F5N2O3. The zero-order valence-corrected chi connectivity index (χ0v) is 11.4. The van der Waals surface area contributed by atoms with Crippen molar-refractivity contribution in [3.05, 3.63) is 23.0 Å². The number of esters is 1. The second-order valence-electron chi connectivity index (χ2n) is 4.00. The van der Waals surface area contributed by atoms with Gasteiger partial charge in [-0.1, -0.05) is 0 Å². The fourth-order valence-corrected chi connectivity index (χ4v) is 1.70. The van der Waals surface area contributed by atoms with E-state index in [1.807, 2.05) is 0 Å². The Morgan fingerprint density at radius 2 is 2.05 bits per heavy atom. The van der Waals surface area contributed by atoms with Gasteiger partial charge in [-0.3, -0.25) is 9.78 Å². The van der Waals surface area contributed by atoms with Crippen LogP contribution in [0.2, 0.25) is 0 Å². The predicted molar refractivity (Wildman–Crippen MR) is 64.1 cm³/mol. The molecule has 0 saturated carbocycles. The number of carbonyl (C=O) groups excluding carboxylic acids is 1. The Morgan fingerprint density at radius 1 is 1.41 bits per heavy atom. The van der Waals surface area contributed by atoms with Crippen LogP contribution in [0.5, 0.6) is 5.75 Å². The summed E-state index contributed by atoms with van der Waals surface area (Å²) < 4.78 is 71.3. The lowest BCUT2D eigenvalue weighted by molar-refractivity contribution is -0.275. The lowest BCUT2D eigenvalue weighted by Gasteiger charge is -2.18. The van der Waals surface area contributed by atoms with E-state index < -0.39 is 54.3 Å². The smallest absolute Gasteiger partial charge is 0.466 e. The third-order valence-electron chi connectivity index (χ3n) is 2.52. The highest BCUT2D eigenvalue weighted by molar-refractivity contribution is 5.73. The Morgan fingerprint density at radius 3 is 2.50 bits per heavy atom. The summed E-state index contributed by atoms with van der Waals surface area (Å²) in [7, 11) is 0. The summed E-state index contributed by atoms with van der Waals surface area (Å²) in [5.41, 5.74) is 3.43. The summed E-state index contributed by atoms with van der Waals surface area (Å²) in [4.78, 5) is 14.8. The van der Waals surface area contributed by atoms with Gasteiger partial charge < -0.3 is 15.2 Å². The van der Waals surface area contributed by atoms with Gasteiger partial charge in [0.25, 0.3) is 6.43 Å². The number of hydrogen-bond donors (Lipinski definition) is 1. The third kappa shape index (κ3) is 4.79. The topological polar surface area (TPSA) is 74.4 Å². The van der Waals surface area contributed by atoms with Crippen molar-refractivity contribution >= 4 is 5.97 Å². The minimum atomic E-state index is -5.14. The maximum Gasteiger partial charge on any atom is 0.573 e. The maximum atomic E-state index is 12.8. The van der Waals surface area contributed by atoms with Gasteiger partial charge in [0.05, 0.1) is 18.7 Å². The second kappa shape index (κ2) is 7.34. The molecule has 0 unspecified atom stereocenters. The molecule has 124 valence electrons. The number of nitrogens with zero attached hydrogens (tertiary/aromatic N) is 1. The molecule has 0 bridgehead atoms. The Labute approximate surface area is 122 Å². The average molecular weight is 328 g/mol. The van der Waals surface area contributed by atoms with Crippen LogP contribution in [0, 0.1) is 0 Å². The third-order valence-corrected chi connectivity index (χ3v) is 2.52. The molecule has 22 heavy (non-hydrogen) atoms. The zero-order chi connectivity index (χ0) is 16.9. The molecule has 0 fully saturated rings. The first-order valence-corrected chi connectivity index (χ1v) is 6.09. The van der Waals surface area contributed by atoms with Crippen LogP contribution in [0.1, 0.15) is 30.2 Å². The molecule has 1 aromatic heterocycles. The maximum absolute atomic E-state index is 12.8. The lowest BCUT2D eigenvalue weighted by atomic mass is 10.1. The van der Waals surface area contributed by atoms with Gasteiger partial charge in [-0.25, -0.2) is 8.78 Å². The molecule has 0 saturated heterocycles. The largest absolute Gasteiger partial charge is 0.573 e. The van der Waals surface area contributed by atoms with E-state index in [9.17, 15) is 26.7 Å². The fraction of sp³-hybridized carbons (Fsp3) is 0.500. The summed E-state index contributed by atoms with van der Waals surface area (Å²) in [6.07, 6.45) is -8.21. The van der Waals surface area contributed by atoms with E-state index in [2.05, 4.69) is 14.5 Å². The van der Waals surface area contributed by atoms with Crippen LogP contribution in [0.4, 0.5) is 22.0 Å². The number of carbonyl (C=O) groups is 1. The van der Waals surface area contributed by atoms with Crippen molar-refractivity contribution in [3.63, 3.8) is 0 Å². The highest BCUT2D eigenvalue weighted by Gasteiger charge is 2.35. The number of ether oxygens (including phenoxy) is 2. The van der Waals surface area contributed by atoms with E-state index in [4.69, 9.17) is 5.73 Å². The van der Waals surface area contributed by atoms with E-state index in [1.54, 1.807) is 0 Å². The Balaban J connectivity index is 3.33. The summed E-state index contributed by atoms with van der Waals surface area (Å²) >= 11 is 0. The van der Waals surface area contributed by atoms with Crippen LogP contribution < -0.4 is 10.5 Å². The van der Waals surface area contributed by atoms with Crippen LogP contribution in [0.15, 0.2) is 6.20 Å². The Bertz CT molecular complexity index is 534. The van der Waals surface area contributed by atoms with Crippen LogP contribution >= 0.6 is 0 Å². The summed E-state index contributed by atoms with van der Waals surface area (Å²) in [5, 5.41) is 0. The number of alkyl halides is 5. The number of halogens is 5. The Kier molecular flexibility index (Phi) is 6.03. The fourth-order valence-electron chi connectivity index (χ4n) is 1.70. The van der Waals surface area contributed by atoms with Crippen LogP contribution in [-0.4, -0.2) is 23.9 Å². The zero-order valence-electron chi connectivity index (χ0n) is 11.4. The predicted octanol–water partition coefficient (Wildman–Crippen LogP) is 2.48. The van der Waals surface area contributed by atoms with E-state index in [0.717, 1.165) is 0 Å². The number of rotatable bonds is 6. The number of nitrogens with two attached hydrogens (primary N) is 1. The molecule has 0 aliphatic heterocycles. The van der Waals surface area contributed by atoms with E-state index in [-0.39, 0.29) is 6.61 Å². The van der Waals surface area contributed by atoms with Crippen molar-refractivity contribution in [3.8, 4) is 5.75 Å². The number of pyridine rings is 1. The summed E-state index contributed by atoms with van der Waals surface area (Å²) in [6.45, 7) is 0.875. The first-order chi connectivity index (χ1) is 10.2. The molecule has 2 N–H and O–H groups in total. The Hall–Kier alpha value is -1.97. The molecule has 0 aliphatic rings. The van der Waals surface area contributed by atoms with E-state index >= 15 is 0 Å².